The predicted molar refractivity (Wildman–Crippen MR) is 75.8 cm³/mol. The lowest BCUT2D eigenvalue weighted by Gasteiger charge is -2.21. The Morgan fingerprint density at radius 1 is 1.16 bits per heavy atom. The maximum atomic E-state index is 5.57. The molecule has 0 aliphatic carbocycles. The molecule has 0 aromatic carbocycles. The molecule has 1 aromatic heterocycles. The van der Waals surface area contributed by atoms with Crippen molar-refractivity contribution >= 4 is 0 Å². The van der Waals surface area contributed by atoms with Crippen molar-refractivity contribution in [2.75, 3.05) is 40.5 Å². The van der Waals surface area contributed by atoms with E-state index in [1.54, 1.807) is 14.2 Å². The van der Waals surface area contributed by atoms with Gasteiger partial charge in [0.05, 0.1) is 12.3 Å². The minimum absolute atomic E-state index is 0.536. The summed E-state index contributed by atoms with van der Waals surface area (Å²) in [7, 11) is 3.45. The topological polar surface area (TPSA) is 60.6 Å². The van der Waals surface area contributed by atoms with Gasteiger partial charge in [0.2, 0.25) is 0 Å². The van der Waals surface area contributed by atoms with Crippen LogP contribution < -0.4 is 5.73 Å². The molecule has 0 saturated heterocycles. The van der Waals surface area contributed by atoms with E-state index in [1.807, 2.05) is 18.3 Å². The van der Waals surface area contributed by atoms with Gasteiger partial charge in [0, 0.05) is 53.2 Å². The van der Waals surface area contributed by atoms with Gasteiger partial charge in [-0.1, -0.05) is 6.07 Å². The first-order chi connectivity index (χ1) is 9.30. The van der Waals surface area contributed by atoms with E-state index in [9.17, 15) is 0 Å². The number of hydrogen-bond donors (Lipinski definition) is 1. The zero-order valence-electron chi connectivity index (χ0n) is 12.0. The summed E-state index contributed by atoms with van der Waals surface area (Å²) in [6.45, 7) is 4.77. The molecule has 0 bridgehead atoms. The third kappa shape index (κ3) is 6.63. The minimum Gasteiger partial charge on any atom is -0.385 e. The highest BCUT2D eigenvalue weighted by molar-refractivity contribution is 5.13. The third-order valence-corrected chi connectivity index (χ3v) is 2.94. The Hall–Kier alpha value is -1.01. The van der Waals surface area contributed by atoms with E-state index >= 15 is 0 Å². The molecule has 19 heavy (non-hydrogen) atoms. The molecule has 0 amide bonds. The number of nitrogens with zero attached hydrogens (tertiary/aromatic N) is 2. The molecule has 0 fully saturated rings. The van der Waals surface area contributed by atoms with Crippen LogP contribution in [0.15, 0.2) is 18.3 Å². The van der Waals surface area contributed by atoms with Crippen molar-refractivity contribution < 1.29 is 9.47 Å². The quantitative estimate of drug-likeness (QED) is 0.641. The van der Waals surface area contributed by atoms with E-state index < -0.39 is 0 Å². The van der Waals surface area contributed by atoms with Crippen molar-refractivity contribution in [3.05, 3.63) is 29.6 Å². The van der Waals surface area contributed by atoms with Crippen LogP contribution in [0.4, 0.5) is 0 Å². The molecule has 0 aliphatic rings. The van der Waals surface area contributed by atoms with Crippen LogP contribution in [0.1, 0.15) is 17.7 Å². The number of nitrogens with two attached hydrogens (primary N) is 1. The zero-order valence-corrected chi connectivity index (χ0v) is 12.0. The minimum atomic E-state index is 0.536. The standard InChI is InChI=1S/C14H25N3O2/c1-18-8-3-6-17(7-9-19-2)12-14-5-4-13(10-15)11-16-14/h4-5,11H,3,6-10,12,15H2,1-2H3. The summed E-state index contributed by atoms with van der Waals surface area (Å²) in [4.78, 5) is 6.76. The molecule has 2 N–H and O–H groups in total. The smallest absolute Gasteiger partial charge is 0.0589 e. The lowest BCUT2D eigenvalue weighted by Crippen LogP contribution is -2.29. The van der Waals surface area contributed by atoms with Crippen LogP contribution in [0.25, 0.3) is 0 Å². The van der Waals surface area contributed by atoms with Crippen molar-refractivity contribution in [1.82, 2.24) is 9.88 Å². The highest BCUT2D eigenvalue weighted by Gasteiger charge is 2.06. The van der Waals surface area contributed by atoms with Gasteiger partial charge in [0.25, 0.3) is 0 Å². The van der Waals surface area contributed by atoms with Gasteiger partial charge in [-0.05, 0) is 18.1 Å². The van der Waals surface area contributed by atoms with Gasteiger partial charge in [-0.15, -0.1) is 0 Å². The molecule has 0 aliphatic heterocycles. The monoisotopic (exact) mass is 267 g/mol. The summed E-state index contributed by atoms with van der Waals surface area (Å²) in [5.74, 6) is 0. The Morgan fingerprint density at radius 3 is 2.53 bits per heavy atom. The van der Waals surface area contributed by atoms with Gasteiger partial charge in [-0.25, -0.2) is 0 Å². The summed E-state index contributed by atoms with van der Waals surface area (Å²) < 4.78 is 10.2. The summed E-state index contributed by atoms with van der Waals surface area (Å²) in [6.07, 6.45) is 2.86. The van der Waals surface area contributed by atoms with E-state index in [4.69, 9.17) is 15.2 Å². The maximum Gasteiger partial charge on any atom is 0.0589 e. The van der Waals surface area contributed by atoms with Gasteiger partial charge in [0.1, 0.15) is 0 Å². The second-order valence-electron chi connectivity index (χ2n) is 4.48. The summed E-state index contributed by atoms with van der Waals surface area (Å²) in [6, 6.07) is 4.07. The van der Waals surface area contributed by atoms with Crippen LogP contribution in [0.2, 0.25) is 0 Å². The van der Waals surface area contributed by atoms with Gasteiger partial charge < -0.3 is 15.2 Å². The van der Waals surface area contributed by atoms with Crippen LogP contribution in [0, 0.1) is 0 Å². The fourth-order valence-electron chi connectivity index (χ4n) is 1.82. The fraction of sp³-hybridized carbons (Fsp3) is 0.643. The molecule has 1 heterocycles. The van der Waals surface area contributed by atoms with Crippen LogP contribution in [0.5, 0.6) is 0 Å². The van der Waals surface area contributed by atoms with Crippen LogP contribution >= 0.6 is 0 Å². The van der Waals surface area contributed by atoms with Crippen LogP contribution in [-0.2, 0) is 22.6 Å². The molecule has 1 rings (SSSR count). The number of methoxy groups -OCH3 is 2. The molecular weight excluding hydrogens is 242 g/mol. The van der Waals surface area contributed by atoms with Crippen molar-refractivity contribution in [2.45, 2.75) is 19.5 Å². The summed E-state index contributed by atoms with van der Waals surface area (Å²) >= 11 is 0. The highest BCUT2D eigenvalue weighted by Crippen LogP contribution is 2.04. The van der Waals surface area contributed by atoms with E-state index in [2.05, 4.69) is 9.88 Å². The summed E-state index contributed by atoms with van der Waals surface area (Å²) in [5.41, 5.74) is 7.69. The van der Waals surface area contributed by atoms with Crippen molar-refractivity contribution in [1.29, 1.82) is 0 Å². The highest BCUT2D eigenvalue weighted by atomic mass is 16.5. The SMILES string of the molecule is COCCCN(CCOC)Cc1ccc(CN)cn1. The Labute approximate surface area is 115 Å². The number of hydrogen-bond acceptors (Lipinski definition) is 5. The second kappa shape index (κ2) is 9.86. The van der Waals surface area contributed by atoms with Crippen LogP contribution in [-0.4, -0.2) is 50.4 Å². The van der Waals surface area contributed by atoms with E-state index in [0.717, 1.165) is 50.5 Å². The lowest BCUT2D eigenvalue weighted by atomic mass is 10.2. The van der Waals surface area contributed by atoms with E-state index in [0.29, 0.717) is 6.54 Å². The first kappa shape index (κ1) is 16.0. The number of pyridine rings is 1. The average Bonchev–Trinajstić information content (AvgIpc) is 2.45. The molecule has 0 radical (unpaired) electrons. The van der Waals surface area contributed by atoms with Gasteiger partial charge in [-0.3, -0.25) is 9.88 Å². The van der Waals surface area contributed by atoms with Gasteiger partial charge in [-0.2, -0.15) is 0 Å². The Kier molecular flexibility index (Phi) is 8.33. The molecule has 0 atom stereocenters. The zero-order chi connectivity index (χ0) is 13.9. The van der Waals surface area contributed by atoms with Gasteiger partial charge in [0.15, 0.2) is 0 Å². The maximum absolute atomic E-state index is 5.57. The van der Waals surface area contributed by atoms with Crippen LogP contribution in [0.3, 0.4) is 0 Å². The first-order valence-corrected chi connectivity index (χ1v) is 6.64. The normalized spacial score (nSPS) is 11.2. The molecule has 0 unspecified atom stereocenters. The second-order valence-corrected chi connectivity index (χ2v) is 4.48. The summed E-state index contributed by atoms with van der Waals surface area (Å²) in [5, 5.41) is 0. The average molecular weight is 267 g/mol. The van der Waals surface area contributed by atoms with Crippen molar-refractivity contribution in [3.8, 4) is 0 Å². The van der Waals surface area contributed by atoms with E-state index in [1.165, 1.54) is 0 Å². The molecule has 108 valence electrons. The lowest BCUT2D eigenvalue weighted by molar-refractivity contribution is 0.128. The first-order valence-electron chi connectivity index (χ1n) is 6.64. The fourth-order valence-corrected chi connectivity index (χ4v) is 1.82. The number of aromatic nitrogens is 1. The van der Waals surface area contributed by atoms with Crippen molar-refractivity contribution in [3.63, 3.8) is 0 Å². The number of ether oxygens (including phenoxy) is 2. The Balaban J connectivity index is 2.48. The van der Waals surface area contributed by atoms with Crippen molar-refractivity contribution in [2.24, 2.45) is 5.73 Å². The Morgan fingerprint density at radius 2 is 1.95 bits per heavy atom. The number of rotatable bonds is 10. The molecule has 1 aromatic rings. The third-order valence-electron chi connectivity index (χ3n) is 2.94. The molecular formula is C14H25N3O2. The van der Waals surface area contributed by atoms with Gasteiger partial charge >= 0.3 is 0 Å². The predicted octanol–water partition coefficient (Wildman–Crippen LogP) is 1.03. The molecule has 0 saturated carbocycles. The van der Waals surface area contributed by atoms with E-state index in [-0.39, 0.29) is 0 Å². The molecule has 5 nitrogen and oxygen atoms in total. The largest absolute Gasteiger partial charge is 0.385 e. The molecule has 5 heteroatoms. The Bertz CT molecular complexity index is 330. The molecule has 0 spiro atoms.